The Bertz CT molecular complexity index is 843. The van der Waals surface area contributed by atoms with Crippen molar-refractivity contribution in [3.63, 3.8) is 0 Å². The molecule has 0 spiro atoms. The number of likely N-dealkylation sites (tertiary alicyclic amines) is 1. The standard InChI is InChI=1S/C21H27FN4O2/c22-17-6-1-2-7-19(17)26-18-8-3-5-16(18)20(24-26)21(27)25-12-9-15(10-13-25)28-14-4-11-23/h1-2,6-7,15H,3-5,8-14,23H2. The fraction of sp³-hybridized carbons (Fsp3) is 0.524. The number of amides is 1. The molecule has 1 aliphatic heterocycles. The Morgan fingerprint density at radius 1 is 1.25 bits per heavy atom. The molecular weight excluding hydrogens is 359 g/mol. The van der Waals surface area contributed by atoms with E-state index < -0.39 is 0 Å². The van der Waals surface area contributed by atoms with Crippen LogP contribution in [0.5, 0.6) is 0 Å². The molecule has 7 heteroatoms. The third kappa shape index (κ3) is 3.69. The number of fused-ring (bicyclic) bond motifs is 1. The second-order valence-corrected chi connectivity index (χ2v) is 7.50. The zero-order valence-corrected chi connectivity index (χ0v) is 16.1. The van der Waals surface area contributed by atoms with Crippen LogP contribution in [0.3, 0.4) is 0 Å². The van der Waals surface area contributed by atoms with Crippen LogP contribution in [-0.2, 0) is 17.6 Å². The summed E-state index contributed by atoms with van der Waals surface area (Å²) in [6.45, 7) is 2.63. The summed E-state index contributed by atoms with van der Waals surface area (Å²) in [6, 6.07) is 6.58. The summed E-state index contributed by atoms with van der Waals surface area (Å²) >= 11 is 0. The molecule has 1 aromatic carbocycles. The molecule has 0 unspecified atom stereocenters. The molecule has 2 heterocycles. The third-order valence-electron chi connectivity index (χ3n) is 5.64. The minimum Gasteiger partial charge on any atom is -0.378 e. The number of piperidine rings is 1. The Morgan fingerprint density at radius 3 is 2.79 bits per heavy atom. The number of ether oxygens (including phenoxy) is 1. The molecule has 2 aromatic rings. The van der Waals surface area contributed by atoms with Crippen molar-refractivity contribution in [3.8, 4) is 5.69 Å². The van der Waals surface area contributed by atoms with Gasteiger partial charge in [0.05, 0.1) is 6.10 Å². The van der Waals surface area contributed by atoms with Gasteiger partial charge in [0, 0.05) is 31.0 Å². The lowest BCUT2D eigenvalue weighted by Crippen LogP contribution is -2.41. The Kier molecular flexibility index (Phi) is 5.73. The number of para-hydroxylation sites is 1. The van der Waals surface area contributed by atoms with Crippen molar-refractivity contribution in [3.05, 3.63) is 47.0 Å². The van der Waals surface area contributed by atoms with Crippen LogP contribution in [0, 0.1) is 5.82 Å². The van der Waals surface area contributed by atoms with Gasteiger partial charge in [0.2, 0.25) is 0 Å². The molecule has 0 radical (unpaired) electrons. The first-order valence-corrected chi connectivity index (χ1v) is 10.2. The molecule has 1 amide bonds. The van der Waals surface area contributed by atoms with Gasteiger partial charge in [-0.25, -0.2) is 9.07 Å². The van der Waals surface area contributed by atoms with Gasteiger partial charge < -0.3 is 15.4 Å². The Morgan fingerprint density at radius 2 is 2.04 bits per heavy atom. The number of nitrogens with zero attached hydrogens (tertiary/aromatic N) is 3. The molecule has 2 N–H and O–H groups in total. The second-order valence-electron chi connectivity index (χ2n) is 7.50. The van der Waals surface area contributed by atoms with Crippen molar-refractivity contribution < 1.29 is 13.9 Å². The third-order valence-corrected chi connectivity index (χ3v) is 5.64. The Balaban J connectivity index is 1.50. The number of benzene rings is 1. The highest BCUT2D eigenvalue weighted by molar-refractivity contribution is 5.94. The van der Waals surface area contributed by atoms with E-state index in [0.717, 1.165) is 49.8 Å². The number of halogens is 1. The molecule has 0 bridgehead atoms. The molecule has 28 heavy (non-hydrogen) atoms. The summed E-state index contributed by atoms with van der Waals surface area (Å²) in [7, 11) is 0. The highest BCUT2D eigenvalue weighted by Gasteiger charge is 2.32. The largest absolute Gasteiger partial charge is 0.378 e. The smallest absolute Gasteiger partial charge is 0.274 e. The van der Waals surface area contributed by atoms with Crippen LogP contribution in [0.1, 0.15) is 47.4 Å². The first-order valence-electron chi connectivity index (χ1n) is 10.2. The molecule has 0 atom stereocenters. The number of hydrogen-bond donors (Lipinski definition) is 1. The van der Waals surface area contributed by atoms with Crippen molar-refractivity contribution in [1.29, 1.82) is 0 Å². The predicted octanol–water partition coefficient (Wildman–Crippen LogP) is 2.47. The Hall–Kier alpha value is -2.25. The van der Waals surface area contributed by atoms with E-state index in [4.69, 9.17) is 10.5 Å². The average molecular weight is 386 g/mol. The molecule has 6 nitrogen and oxygen atoms in total. The molecule has 1 aliphatic carbocycles. The zero-order chi connectivity index (χ0) is 19.5. The summed E-state index contributed by atoms with van der Waals surface area (Å²) in [5, 5.41) is 4.56. The summed E-state index contributed by atoms with van der Waals surface area (Å²) in [6.07, 6.45) is 5.32. The van der Waals surface area contributed by atoms with E-state index in [1.54, 1.807) is 22.9 Å². The lowest BCUT2D eigenvalue weighted by Gasteiger charge is -2.31. The Labute approximate surface area is 164 Å². The molecule has 1 saturated heterocycles. The van der Waals surface area contributed by atoms with Gasteiger partial charge in [-0.05, 0) is 57.2 Å². The van der Waals surface area contributed by atoms with Crippen LogP contribution in [0.4, 0.5) is 4.39 Å². The van der Waals surface area contributed by atoms with E-state index in [1.165, 1.54) is 6.07 Å². The molecule has 2 aliphatic rings. The number of carbonyl (C=O) groups is 1. The van der Waals surface area contributed by atoms with Crippen LogP contribution >= 0.6 is 0 Å². The molecule has 1 aromatic heterocycles. The van der Waals surface area contributed by atoms with E-state index in [1.807, 2.05) is 4.90 Å². The minimum atomic E-state index is -0.325. The van der Waals surface area contributed by atoms with Gasteiger partial charge in [0.15, 0.2) is 5.69 Å². The van der Waals surface area contributed by atoms with Crippen LogP contribution in [0.2, 0.25) is 0 Å². The first-order chi connectivity index (χ1) is 13.7. The number of carbonyl (C=O) groups excluding carboxylic acids is 1. The van der Waals surface area contributed by atoms with Crippen LogP contribution in [0.15, 0.2) is 24.3 Å². The maximum Gasteiger partial charge on any atom is 0.274 e. The summed E-state index contributed by atoms with van der Waals surface area (Å²) in [5.74, 6) is -0.372. The van der Waals surface area contributed by atoms with Gasteiger partial charge in [0.25, 0.3) is 5.91 Å². The fourth-order valence-corrected chi connectivity index (χ4v) is 4.14. The lowest BCUT2D eigenvalue weighted by atomic mass is 10.1. The zero-order valence-electron chi connectivity index (χ0n) is 16.1. The normalized spacial score (nSPS) is 17.1. The van der Waals surface area contributed by atoms with Crippen molar-refractivity contribution in [2.45, 2.75) is 44.6 Å². The monoisotopic (exact) mass is 386 g/mol. The highest BCUT2D eigenvalue weighted by Crippen LogP contribution is 2.30. The van der Waals surface area contributed by atoms with E-state index in [-0.39, 0.29) is 17.8 Å². The topological polar surface area (TPSA) is 73.4 Å². The number of hydrogen-bond acceptors (Lipinski definition) is 4. The molecule has 0 saturated carbocycles. The maximum absolute atomic E-state index is 14.3. The van der Waals surface area contributed by atoms with E-state index in [2.05, 4.69) is 5.10 Å². The van der Waals surface area contributed by atoms with Crippen molar-refractivity contribution in [1.82, 2.24) is 14.7 Å². The fourth-order valence-electron chi connectivity index (χ4n) is 4.14. The van der Waals surface area contributed by atoms with Crippen LogP contribution in [-0.4, -0.2) is 52.9 Å². The quantitative estimate of drug-likeness (QED) is 0.774. The molecular formula is C21H27FN4O2. The van der Waals surface area contributed by atoms with Gasteiger partial charge in [-0.1, -0.05) is 12.1 Å². The predicted molar refractivity (Wildman–Crippen MR) is 104 cm³/mol. The highest BCUT2D eigenvalue weighted by atomic mass is 19.1. The first kappa shape index (κ1) is 19.1. The van der Waals surface area contributed by atoms with Gasteiger partial charge in [-0.15, -0.1) is 0 Å². The van der Waals surface area contributed by atoms with Gasteiger partial charge in [0.1, 0.15) is 11.5 Å². The van der Waals surface area contributed by atoms with Crippen molar-refractivity contribution in [2.75, 3.05) is 26.2 Å². The summed E-state index contributed by atoms with van der Waals surface area (Å²) in [5.41, 5.74) is 8.34. The lowest BCUT2D eigenvalue weighted by molar-refractivity contribution is 0.00825. The van der Waals surface area contributed by atoms with E-state index >= 15 is 0 Å². The SMILES string of the molecule is NCCCOC1CCN(C(=O)c2nn(-c3ccccc3F)c3c2CCC3)CC1. The van der Waals surface area contributed by atoms with E-state index in [9.17, 15) is 9.18 Å². The molecule has 4 rings (SSSR count). The van der Waals surface area contributed by atoms with Gasteiger partial charge in [-0.2, -0.15) is 5.10 Å². The summed E-state index contributed by atoms with van der Waals surface area (Å²) in [4.78, 5) is 15.0. The number of aromatic nitrogens is 2. The van der Waals surface area contributed by atoms with Crippen LogP contribution < -0.4 is 5.73 Å². The second kappa shape index (κ2) is 8.41. The van der Waals surface area contributed by atoms with Crippen molar-refractivity contribution in [2.24, 2.45) is 5.73 Å². The van der Waals surface area contributed by atoms with E-state index in [0.29, 0.717) is 37.6 Å². The van der Waals surface area contributed by atoms with Crippen molar-refractivity contribution >= 4 is 5.91 Å². The van der Waals surface area contributed by atoms with Gasteiger partial charge in [-0.3, -0.25) is 4.79 Å². The average Bonchev–Trinajstić information content (AvgIpc) is 3.32. The number of nitrogens with two attached hydrogens (primary N) is 1. The van der Waals surface area contributed by atoms with Crippen LogP contribution in [0.25, 0.3) is 5.69 Å². The maximum atomic E-state index is 14.3. The molecule has 1 fully saturated rings. The minimum absolute atomic E-state index is 0.0475. The van der Waals surface area contributed by atoms with Gasteiger partial charge >= 0.3 is 0 Å². The summed E-state index contributed by atoms with van der Waals surface area (Å²) < 4.78 is 21.8. The number of rotatable bonds is 6. The molecule has 150 valence electrons.